The van der Waals surface area contributed by atoms with Gasteiger partial charge in [-0.05, 0) is 31.0 Å². The van der Waals surface area contributed by atoms with Crippen molar-refractivity contribution in [2.45, 2.75) is 18.4 Å². The van der Waals surface area contributed by atoms with Gasteiger partial charge < -0.3 is 10.6 Å². The lowest BCUT2D eigenvalue weighted by Gasteiger charge is -2.21. The number of anilines is 1. The number of carbonyl (C=O) groups is 1. The molecule has 0 heterocycles. The fourth-order valence-corrected chi connectivity index (χ4v) is 1.67. The fourth-order valence-electron chi connectivity index (χ4n) is 1.49. The van der Waals surface area contributed by atoms with Crippen LogP contribution in [0.15, 0.2) is 18.2 Å². The number of likely N-dealkylation sites (N-methyl/N-ethyl adjacent to an activating group) is 1. The molecule has 1 amide bonds. The van der Waals surface area contributed by atoms with E-state index in [-0.39, 0.29) is 10.9 Å². The smallest absolute Gasteiger partial charge is 0.246 e. The molecular weight excluding hydrogens is 231 g/mol. The molecule has 1 aromatic rings. The summed E-state index contributed by atoms with van der Waals surface area (Å²) in [6, 6.07) is 4.16. The van der Waals surface area contributed by atoms with Crippen LogP contribution in [-0.2, 0) is 4.79 Å². The maximum Gasteiger partial charge on any atom is 0.246 e. The molecule has 2 N–H and O–H groups in total. The molecule has 1 aromatic carbocycles. The number of nitrogens with zero attached hydrogens (tertiary/aromatic N) is 1. The van der Waals surface area contributed by atoms with Crippen molar-refractivity contribution < 1.29 is 9.18 Å². The van der Waals surface area contributed by atoms with Crippen molar-refractivity contribution in [2.75, 3.05) is 11.9 Å². The van der Waals surface area contributed by atoms with Gasteiger partial charge in [0.05, 0.1) is 10.6 Å². The Kier molecular flexibility index (Phi) is 2.64. The normalized spacial score (nSPS) is 17.0. The molecule has 0 spiro atoms. The fraction of sp³-hybridized carbons (Fsp3) is 0.364. The van der Waals surface area contributed by atoms with Crippen molar-refractivity contribution in [1.82, 2.24) is 0 Å². The number of hydrogen-bond donors (Lipinski definition) is 1. The number of benzene rings is 1. The van der Waals surface area contributed by atoms with Crippen molar-refractivity contribution >= 4 is 23.2 Å². The summed E-state index contributed by atoms with van der Waals surface area (Å²) in [5.74, 6) is -0.657. The first-order chi connectivity index (χ1) is 7.44. The Morgan fingerprint density at radius 2 is 2.19 bits per heavy atom. The highest BCUT2D eigenvalue weighted by Crippen LogP contribution is 2.35. The largest absolute Gasteiger partial charge is 0.317 e. The van der Waals surface area contributed by atoms with E-state index in [2.05, 4.69) is 0 Å². The van der Waals surface area contributed by atoms with Crippen LogP contribution >= 0.6 is 11.6 Å². The first-order valence-electron chi connectivity index (χ1n) is 4.96. The summed E-state index contributed by atoms with van der Waals surface area (Å²) in [5, 5.41) is -0.000909. The Labute approximate surface area is 98.0 Å². The van der Waals surface area contributed by atoms with Gasteiger partial charge in [0.25, 0.3) is 0 Å². The van der Waals surface area contributed by atoms with E-state index < -0.39 is 11.4 Å². The minimum Gasteiger partial charge on any atom is -0.317 e. The molecule has 2 rings (SSSR count). The molecule has 3 nitrogen and oxygen atoms in total. The molecule has 86 valence electrons. The molecule has 5 heteroatoms. The number of nitrogens with two attached hydrogens (primary N) is 1. The van der Waals surface area contributed by atoms with Crippen LogP contribution in [0.5, 0.6) is 0 Å². The zero-order chi connectivity index (χ0) is 11.9. The van der Waals surface area contributed by atoms with Gasteiger partial charge in [-0.1, -0.05) is 11.6 Å². The summed E-state index contributed by atoms with van der Waals surface area (Å²) in [4.78, 5) is 13.3. The van der Waals surface area contributed by atoms with Crippen LogP contribution < -0.4 is 10.6 Å². The van der Waals surface area contributed by atoms with Crippen molar-refractivity contribution in [3.05, 3.63) is 29.0 Å². The third-order valence-electron chi connectivity index (χ3n) is 2.81. The van der Waals surface area contributed by atoms with Gasteiger partial charge in [0.15, 0.2) is 0 Å². The first kappa shape index (κ1) is 11.4. The second kappa shape index (κ2) is 3.71. The number of halogens is 2. The molecule has 1 aliphatic carbocycles. The van der Waals surface area contributed by atoms with Crippen LogP contribution in [0.1, 0.15) is 12.8 Å². The van der Waals surface area contributed by atoms with E-state index in [9.17, 15) is 9.18 Å². The molecule has 0 saturated heterocycles. The number of carbonyl (C=O) groups excluding carboxylic acids is 1. The summed E-state index contributed by atoms with van der Waals surface area (Å²) < 4.78 is 12.9. The zero-order valence-electron chi connectivity index (χ0n) is 8.84. The van der Waals surface area contributed by atoms with Gasteiger partial charge in [0.1, 0.15) is 5.82 Å². The zero-order valence-corrected chi connectivity index (χ0v) is 9.59. The van der Waals surface area contributed by atoms with E-state index in [0.29, 0.717) is 18.5 Å². The quantitative estimate of drug-likeness (QED) is 0.862. The van der Waals surface area contributed by atoms with E-state index >= 15 is 0 Å². The molecule has 0 bridgehead atoms. The third-order valence-corrected chi connectivity index (χ3v) is 3.10. The Morgan fingerprint density at radius 1 is 1.56 bits per heavy atom. The van der Waals surface area contributed by atoms with E-state index in [4.69, 9.17) is 17.3 Å². The topological polar surface area (TPSA) is 46.3 Å². The SMILES string of the molecule is CN(C(=O)C1(N)CC1)c1ccc(F)c(Cl)c1. The molecule has 0 aromatic heterocycles. The predicted molar refractivity (Wildman–Crippen MR) is 61.0 cm³/mol. The van der Waals surface area contributed by atoms with Crippen LogP contribution in [-0.4, -0.2) is 18.5 Å². The van der Waals surface area contributed by atoms with E-state index in [1.807, 2.05) is 0 Å². The minimum absolute atomic E-state index is 0.000909. The summed E-state index contributed by atoms with van der Waals surface area (Å²) in [5.41, 5.74) is 5.62. The van der Waals surface area contributed by atoms with Crippen LogP contribution in [0.2, 0.25) is 5.02 Å². The molecule has 1 fully saturated rings. The van der Waals surface area contributed by atoms with Crippen molar-refractivity contribution in [1.29, 1.82) is 0 Å². The van der Waals surface area contributed by atoms with E-state index in [1.165, 1.54) is 23.1 Å². The minimum atomic E-state index is -0.727. The lowest BCUT2D eigenvalue weighted by molar-refractivity contribution is -0.120. The van der Waals surface area contributed by atoms with E-state index in [1.54, 1.807) is 7.05 Å². The highest BCUT2D eigenvalue weighted by atomic mass is 35.5. The van der Waals surface area contributed by atoms with E-state index in [0.717, 1.165) is 0 Å². The second-order valence-electron chi connectivity index (χ2n) is 4.12. The summed E-state index contributed by atoms with van der Waals surface area (Å²) in [7, 11) is 1.61. The molecule has 0 atom stereocenters. The highest BCUT2D eigenvalue weighted by molar-refractivity contribution is 6.31. The third kappa shape index (κ3) is 1.90. The van der Waals surface area contributed by atoms with Crippen LogP contribution in [0.4, 0.5) is 10.1 Å². The van der Waals surface area contributed by atoms with Crippen LogP contribution in [0.3, 0.4) is 0 Å². The van der Waals surface area contributed by atoms with Crippen molar-refractivity contribution in [3.63, 3.8) is 0 Å². The summed E-state index contributed by atoms with van der Waals surface area (Å²) in [6.45, 7) is 0. The van der Waals surface area contributed by atoms with Crippen LogP contribution in [0, 0.1) is 5.82 Å². The standard InChI is InChI=1S/C11H12ClFN2O/c1-15(10(16)11(14)4-5-11)7-2-3-9(13)8(12)6-7/h2-3,6H,4-5,14H2,1H3. The van der Waals surface area contributed by atoms with Gasteiger partial charge in [0.2, 0.25) is 5.91 Å². The maximum atomic E-state index is 12.9. The second-order valence-corrected chi connectivity index (χ2v) is 4.53. The van der Waals surface area contributed by atoms with Crippen LogP contribution in [0.25, 0.3) is 0 Å². The molecular formula is C11H12ClFN2O. The molecule has 0 aliphatic heterocycles. The molecule has 1 saturated carbocycles. The van der Waals surface area contributed by atoms with Crippen molar-refractivity contribution in [3.8, 4) is 0 Å². The average Bonchev–Trinajstić information content (AvgIpc) is 3.00. The molecule has 16 heavy (non-hydrogen) atoms. The van der Waals surface area contributed by atoms with Gasteiger partial charge in [-0.3, -0.25) is 4.79 Å². The summed E-state index contributed by atoms with van der Waals surface area (Å²) in [6.07, 6.45) is 1.40. The van der Waals surface area contributed by atoms with Crippen molar-refractivity contribution in [2.24, 2.45) is 5.73 Å². The highest BCUT2D eigenvalue weighted by Gasteiger charge is 2.47. The Morgan fingerprint density at radius 3 is 2.69 bits per heavy atom. The van der Waals surface area contributed by atoms with Gasteiger partial charge in [-0.15, -0.1) is 0 Å². The number of rotatable bonds is 2. The Bertz CT molecular complexity index is 446. The van der Waals surface area contributed by atoms with Gasteiger partial charge in [0, 0.05) is 12.7 Å². The van der Waals surface area contributed by atoms with Gasteiger partial charge in [-0.2, -0.15) is 0 Å². The number of hydrogen-bond acceptors (Lipinski definition) is 2. The predicted octanol–water partition coefficient (Wildman–Crippen LogP) is 1.93. The number of amides is 1. The molecule has 0 unspecified atom stereocenters. The Hall–Kier alpha value is -1.13. The summed E-state index contributed by atoms with van der Waals surface area (Å²) >= 11 is 5.65. The monoisotopic (exact) mass is 242 g/mol. The molecule has 0 radical (unpaired) electrons. The van der Waals surface area contributed by atoms with Gasteiger partial charge in [-0.25, -0.2) is 4.39 Å². The first-order valence-corrected chi connectivity index (χ1v) is 5.34. The average molecular weight is 243 g/mol. The Balaban J connectivity index is 2.23. The van der Waals surface area contributed by atoms with Gasteiger partial charge >= 0.3 is 0 Å². The maximum absolute atomic E-state index is 12.9. The molecule has 1 aliphatic rings. The lowest BCUT2D eigenvalue weighted by atomic mass is 10.2. The lowest BCUT2D eigenvalue weighted by Crippen LogP contribution is -2.43.